The van der Waals surface area contributed by atoms with Crippen LogP contribution in [0.2, 0.25) is 0 Å². The maximum absolute atomic E-state index is 12.0. The van der Waals surface area contributed by atoms with Crippen molar-refractivity contribution in [3.8, 4) is 11.5 Å². The summed E-state index contributed by atoms with van der Waals surface area (Å²) in [5.41, 5.74) is 0.651. The second kappa shape index (κ2) is 8.74. The summed E-state index contributed by atoms with van der Waals surface area (Å²) in [5, 5.41) is 2.89. The maximum atomic E-state index is 12.0. The summed E-state index contributed by atoms with van der Waals surface area (Å²) < 4.78 is 10.4. The second-order valence-corrected chi connectivity index (χ2v) is 4.91. The van der Waals surface area contributed by atoms with Crippen molar-refractivity contribution in [2.45, 2.75) is 19.3 Å². The molecule has 1 amide bonds. The summed E-state index contributed by atoms with van der Waals surface area (Å²) in [6.07, 6.45) is 2.98. The number of likely N-dealkylation sites (tertiary alicyclic amines) is 1. The Morgan fingerprint density at radius 1 is 1.24 bits per heavy atom. The zero-order chi connectivity index (χ0) is 14.4. The molecule has 1 aliphatic rings. The van der Waals surface area contributed by atoms with Crippen molar-refractivity contribution >= 4 is 24.0 Å². The van der Waals surface area contributed by atoms with E-state index in [0.717, 1.165) is 19.6 Å². The number of nitrogens with zero attached hydrogens (tertiary/aromatic N) is 1. The molecular weight excluding hydrogens is 292 g/mol. The van der Waals surface area contributed by atoms with Crippen LogP contribution < -0.4 is 14.8 Å². The average Bonchev–Trinajstić information content (AvgIpc) is 2.98. The molecule has 0 aromatic heterocycles. The molecule has 1 saturated heterocycles. The molecule has 0 radical (unpaired) electrons. The molecule has 0 saturated carbocycles. The number of rotatable bonds is 6. The summed E-state index contributed by atoms with van der Waals surface area (Å²) in [5.74, 6) is 1.34. The van der Waals surface area contributed by atoms with Gasteiger partial charge in [-0.05, 0) is 38.1 Å². The van der Waals surface area contributed by atoms with E-state index in [1.54, 1.807) is 32.4 Å². The fourth-order valence-corrected chi connectivity index (χ4v) is 2.39. The normalized spacial score (nSPS) is 14.4. The zero-order valence-corrected chi connectivity index (χ0v) is 13.4. The van der Waals surface area contributed by atoms with Gasteiger partial charge in [-0.2, -0.15) is 0 Å². The lowest BCUT2D eigenvalue weighted by atomic mass is 10.2. The van der Waals surface area contributed by atoms with Gasteiger partial charge in [-0.15, -0.1) is 12.4 Å². The molecular formula is C15H23ClN2O3. The Balaban J connectivity index is 0.00000220. The van der Waals surface area contributed by atoms with Crippen molar-refractivity contribution in [1.82, 2.24) is 4.90 Å². The van der Waals surface area contributed by atoms with Crippen LogP contribution >= 0.6 is 12.4 Å². The van der Waals surface area contributed by atoms with Crippen LogP contribution in [0.5, 0.6) is 11.5 Å². The molecule has 0 unspecified atom stereocenters. The lowest BCUT2D eigenvalue weighted by Gasteiger charge is -2.15. The van der Waals surface area contributed by atoms with Gasteiger partial charge in [0.1, 0.15) is 11.5 Å². The van der Waals surface area contributed by atoms with Crippen molar-refractivity contribution in [2.75, 3.05) is 39.2 Å². The van der Waals surface area contributed by atoms with Gasteiger partial charge >= 0.3 is 0 Å². The predicted octanol–water partition coefficient (Wildman–Crippen LogP) is 2.55. The van der Waals surface area contributed by atoms with Gasteiger partial charge in [0.2, 0.25) is 5.91 Å². The van der Waals surface area contributed by atoms with Crippen LogP contribution in [-0.2, 0) is 4.79 Å². The number of ether oxygens (including phenoxy) is 2. The SMILES string of the molecule is COc1ccc(OC)c(NC(=O)CCN2CCCC2)c1.Cl. The van der Waals surface area contributed by atoms with Crippen molar-refractivity contribution in [3.05, 3.63) is 18.2 Å². The Morgan fingerprint density at radius 2 is 1.95 bits per heavy atom. The minimum atomic E-state index is 0. The number of hydrogen-bond donors (Lipinski definition) is 1. The molecule has 118 valence electrons. The molecule has 0 bridgehead atoms. The van der Waals surface area contributed by atoms with Gasteiger partial charge in [0.25, 0.3) is 0 Å². The first-order chi connectivity index (χ1) is 9.72. The number of carbonyl (C=O) groups is 1. The van der Waals surface area contributed by atoms with E-state index < -0.39 is 0 Å². The smallest absolute Gasteiger partial charge is 0.225 e. The molecule has 1 N–H and O–H groups in total. The molecule has 21 heavy (non-hydrogen) atoms. The van der Waals surface area contributed by atoms with Gasteiger partial charge < -0.3 is 19.7 Å². The largest absolute Gasteiger partial charge is 0.497 e. The summed E-state index contributed by atoms with van der Waals surface area (Å²) in [6, 6.07) is 5.36. The lowest BCUT2D eigenvalue weighted by Crippen LogP contribution is -2.25. The Bertz CT molecular complexity index is 462. The third-order valence-electron chi connectivity index (χ3n) is 3.53. The van der Waals surface area contributed by atoms with E-state index in [1.165, 1.54) is 12.8 Å². The fraction of sp³-hybridized carbons (Fsp3) is 0.533. The minimum Gasteiger partial charge on any atom is -0.497 e. The molecule has 0 atom stereocenters. The van der Waals surface area contributed by atoms with Crippen LogP contribution in [0.4, 0.5) is 5.69 Å². The highest BCUT2D eigenvalue weighted by molar-refractivity contribution is 5.92. The van der Waals surface area contributed by atoms with E-state index in [1.807, 2.05) is 0 Å². The highest BCUT2D eigenvalue weighted by Gasteiger charge is 2.14. The molecule has 1 aromatic carbocycles. The lowest BCUT2D eigenvalue weighted by molar-refractivity contribution is -0.116. The number of methoxy groups -OCH3 is 2. The molecule has 1 fully saturated rings. The Kier molecular flexibility index (Phi) is 7.32. The molecule has 1 heterocycles. The van der Waals surface area contributed by atoms with Gasteiger partial charge in [-0.25, -0.2) is 0 Å². The van der Waals surface area contributed by atoms with E-state index in [2.05, 4.69) is 10.2 Å². The first-order valence-electron chi connectivity index (χ1n) is 6.97. The van der Waals surface area contributed by atoms with E-state index >= 15 is 0 Å². The molecule has 5 nitrogen and oxygen atoms in total. The third kappa shape index (κ3) is 5.10. The van der Waals surface area contributed by atoms with Gasteiger partial charge in [0.15, 0.2) is 0 Å². The van der Waals surface area contributed by atoms with E-state index in [-0.39, 0.29) is 18.3 Å². The molecule has 2 rings (SSSR count). The van der Waals surface area contributed by atoms with Gasteiger partial charge in [-0.1, -0.05) is 0 Å². The van der Waals surface area contributed by atoms with Crippen LogP contribution in [0, 0.1) is 0 Å². The van der Waals surface area contributed by atoms with Crippen LogP contribution in [0.1, 0.15) is 19.3 Å². The minimum absolute atomic E-state index is 0. The Morgan fingerprint density at radius 3 is 2.57 bits per heavy atom. The monoisotopic (exact) mass is 314 g/mol. The van der Waals surface area contributed by atoms with Crippen LogP contribution in [0.3, 0.4) is 0 Å². The van der Waals surface area contributed by atoms with Crippen molar-refractivity contribution < 1.29 is 14.3 Å². The van der Waals surface area contributed by atoms with Gasteiger partial charge in [0, 0.05) is 19.0 Å². The number of amides is 1. The highest BCUT2D eigenvalue weighted by Crippen LogP contribution is 2.28. The van der Waals surface area contributed by atoms with Crippen LogP contribution in [-0.4, -0.2) is 44.7 Å². The number of carbonyl (C=O) groups excluding carboxylic acids is 1. The maximum Gasteiger partial charge on any atom is 0.225 e. The second-order valence-electron chi connectivity index (χ2n) is 4.91. The van der Waals surface area contributed by atoms with E-state index in [0.29, 0.717) is 23.6 Å². The molecule has 1 aliphatic heterocycles. The highest BCUT2D eigenvalue weighted by atomic mass is 35.5. The fourth-order valence-electron chi connectivity index (χ4n) is 2.39. The number of hydrogen-bond acceptors (Lipinski definition) is 4. The van der Waals surface area contributed by atoms with Gasteiger partial charge in [0.05, 0.1) is 19.9 Å². The quantitative estimate of drug-likeness (QED) is 0.876. The van der Waals surface area contributed by atoms with Crippen LogP contribution in [0.25, 0.3) is 0 Å². The topological polar surface area (TPSA) is 50.8 Å². The zero-order valence-electron chi connectivity index (χ0n) is 12.6. The number of benzene rings is 1. The Hall–Kier alpha value is -1.46. The van der Waals surface area contributed by atoms with Crippen molar-refractivity contribution in [2.24, 2.45) is 0 Å². The average molecular weight is 315 g/mol. The standard InChI is InChI=1S/C15H22N2O3.ClH/c1-19-12-5-6-14(20-2)13(11-12)16-15(18)7-10-17-8-3-4-9-17;/h5-6,11H,3-4,7-10H2,1-2H3,(H,16,18);1H. The van der Waals surface area contributed by atoms with Crippen LogP contribution in [0.15, 0.2) is 18.2 Å². The summed E-state index contributed by atoms with van der Waals surface area (Å²) in [7, 11) is 3.18. The predicted molar refractivity (Wildman–Crippen MR) is 85.7 cm³/mol. The molecule has 6 heteroatoms. The summed E-state index contributed by atoms with van der Waals surface area (Å²) in [4.78, 5) is 14.3. The number of nitrogens with one attached hydrogen (secondary N) is 1. The Labute approximate surface area is 132 Å². The van der Waals surface area contributed by atoms with Crippen molar-refractivity contribution in [1.29, 1.82) is 0 Å². The molecule has 1 aromatic rings. The van der Waals surface area contributed by atoms with Crippen molar-refractivity contribution in [3.63, 3.8) is 0 Å². The summed E-state index contributed by atoms with van der Waals surface area (Å²) >= 11 is 0. The molecule has 0 aliphatic carbocycles. The third-order valence-corrected chi connectivity index (χ3v) is 3.53. The van der Waals surface area contributed by atoms with Gasteiger partial charge in [-0.3, -0.25) is 4.79 Å². The molecule has 0 spiro atoms. The first-order valence-corrected chi connectivity index (χ1v) is 6.97. The van der Waals surface area contributed by atoms with E-state index in [4.69, 9.17) is 9.47 Å². The number of anilines is 1. The number of halogens is 1. The first kappa shape index (κ1) is 17.6. The van der Waals surface area contributed by atoms with E-state index in [9.17, 15) is 4.79 Å². The summed E-state index contributed by atoms with van der Waals surface area (Å²) in [6.45, 7) is 3.03.